The van der Waals surface area contributed by atoms with Crippen LogP contribution in [0.15, 0.2) is 36.7 Å². The van der Waals surface area contributed by atoms with Crippen LogP contribution in [0.1, 0.15) is 31.6 Å². The Bertz CT molecular complexity index is 851. The molecule has 124 valence electrons. The largest absolute Gasteiger partial charge is 0.355 e. The van der Waals surface area contributed by atoms with E-state index in [4.69, 9.17) is 16.6 Å². The van der Waals surface area contributed by atoms with E-state index in [0.717, 1.165) is 43.7 Å². The lowest BCUT2D eigenvalue weighted by atomic mass is 10.0. The molecule has 0 amide bonds. The smallest absolute Gasteiger partial charge is 0.149 e. The molecule has 5 nitrogen and oxygen atoms in total. The first kappa shape index (κ1) is 15.4. The van der Waals surface area contributed by atoms with Gasteiger partial charge in [0.2, 0.25) is 0 Å². The van der Waals surface area contributed by atoms with Crippen LogP contribution in [0.3, 0.4) is 0 Å². The third-order valence-corrected chi connectivity index (χ3v) is 4.91. The molecule has 0 spiro atoms. The van der Waals surface area contributed by atoms with Gasteiger partial charge in [-0.15, -0.1) is 0 Å². The summed E-state index contributed by atoms with van der Waals surface area (Å²) >= 11 is 5.97. The first-order chi connectivity index (χ1) is 11.8. The lowest BCUT2D eigenvalue weighted by molar-refractivity contribution is 0.394. The van der Waals surface area contributed by atoms with Crippen LogP contribution in [0.2, 0.25) is 5.15 Å². The molecule has 3 aromatic rings. The van der Waals surface area contributed by atoms with Gasteiger partial charge in [-0.3, -0.25) is 4.98 Å². The number of hydrogen-bond donors (Lipinski definition) is 0. The fourth-order valence-electron chi connectivity index (χ4n) is 3.59. The van der Waals surface area contributed by atoms with E-state index in [0.29, 0.717) is 11.2 Å². The molecule has 3 heterocycles. The standard InChI is InChI=1S/C18H20ClN5/c1-2-17-21-14-5-3-4-6-15(14)24(17)13-7-9-23(10-8-13)18-12-20-11-16(19)22-18/h3-6,11-13H,2,7-10H2,1H3. The average Bonchev–Trinajstić information content (AvgIpc) is 3.00. The Labute approximate surface area is 146 Å². The maximum atomic E-state index is 5.97. The van der Waals surface area contributed by atoms with E-state index in [-0.39, 0.29) is 0 Å². The van der Waals surface area contributed by atoms with Gasteiger partial charge in [-0.25, -0.2) is 9.97 Å². The summed E-state index contributed by atoms with van der Waals surface area (Å²) in [4.78, 5) is 15.6. The number of benzene rings is 1. The average molecular weight is 342 g/mol. The maximum absolute atomic E-state index is 5.97. The Morgan fingerprint density at radius 3 is 2.67 bits per heavy atom. The fourth-order valence-corrected chi connectivity index (χ4v) is 3.73. The van der Waals surface area contributed by atoms with E-state index in [1.807, 2.05) is 0 Å². The van der Waals surface area contributed by atoms with Crippen LogP contribution < -0.4 is 4.90 Å². The molecule has 0 N–H and O–H groups in total. The van der Waals surface area contributed by atoms with Gasteiger partial charge in [-0.1, -0.05) is 30.7 Å². The second kappa shape index (κ2) is 6.40. The summed E-state index contributed by atoms with van der Waals surface area (Å²) in [5.74, 6) is 2.05. The van der Waals surface area contributed by atoms with Crippen molar-refractivity contribution in [3.05, 3.63) is 47.6 Å². The monoisotopic (exact) mass is 341 g/mol. The van der Waals surface area contributed by atoms with Crippen molar-refractivity contribution in [1.82, 2.24) is 19.5 Å². The van der Waals surface area contributed by atoms with Crippen LogP contribution >= 0.6 is 11.6 Å². The van der Waals surface area contributed by atoms with Crippen molar-refractivity contribution in [2.75, 3.05) is 18.0 Å². The molecule has 4 rings (SSSR count). The third-order valence-electron chi connectivity index (χ3n) is 4.73. The maximum Gasteiger partial charge on any atom is 0.149 e. The highest BCUT2D eigenvalue weighted by atomic mass is 35.5. The van der Waals surface area contributed by atoms with Gasteiger partial charge in [-0.2, -0.15) is 0 Å². The fraction of sp³-hybridized carbons (Fsp3) is 0.389. The number of imidazole rings is 1. The SMILES string of the molecule is CCc1nc2ccccc2n1C1CCN(c2cncc(Cl)n2)CC1. The lowest BCUT2D eigenvalue weighted by Crippen LogP contribution is -2.35. The molecule has 0 saturated carbocycles. The van der Waals surface area contributed by atoms with Gasteiger partial charge in [-0.05, 0) is 25.0 Å². The Morgan fingerprint density at radius 1 is 1.12 bits per heavy atom. The van der Waals surface area contributed by atoms with Gasteiger partial charge in [0.1, 0.15) is 16.8 Å². The number of halogens is 1. The summed E-state index contributed by atoms with van der Waals surface area (Å²) in [6, 6.07) is 8.91. The quantitative estimate of drug-likeness (QED) is 0.725. The number of aromatic nitrogens is 4. The minimum Gasteiger partial charge on any atom is -0.355 e. The Hall–Kier alpha value is -2.14. The van der Waals surface area contributed by atoms with E-state index in [2.05, 4.69) is 50.6 Å². The molecule has 1 saturated heterocycles. The van der Waals surface area contributed by atoms with Crippen molar-refractivity contribution >= 4 is 28.5 Å². The van der Waals surface area contributed by atoms with E-state index in [1.165, 1.54) is 11.3 Å². The minimum absolute atomic E-state index is 0.448. The number of fused-ring (bicyclic) bond motifs is 1. The molecule has 1 aromatic carbocycles. The molecule has 6 heteroatoms. The second-order valence-electron chi connectivity index (χ2n) is 6.16. The number of hydrogen-bond acceptors (Lipinski definition) is 4. The highest BCUT2D eigenvalue weighted by Gasteiger charge is 2.24. The number of piperidine rings is 1. The highest BCUT2D eigenvalue weighted by Crippen LogP contribution is 2.30. The second-order valence-corrected chi connectivity index (χ2v) is 6.55. The Morgan fingerprint density at radius 2 is 1.92 bits per heavy atom. The zero-order chi connectivity index (χ0) is 16.5. The van der Waals surface area contributed by atoms with Gasteiger partial charge in [0, 0.05) is 25.6 Å². The van der Waals surface area contributed by atoms with Crippen LogP contribution in [0.25, 0.3) is 11.0 Å². The van der Waals surface area contributed by atoms with E-state index in [9.17, 15) is 0 Å². The van der Waals surface area contributed by atoms with Crippen molar-refractivity contribution in [3.63, 3.8) is 0 Å². The van der Waals surface area contributed by atoms with E-state index in [1.54, 1.807) is 12.4 Å². The normalized spacial score (nSPS) is 16.0. The zero-order valence-corrected chi connectivity index (χ0v) is 14.4. The Kier molecular flexibility index (Phi) is 4.10. The van der Waals surface area contributed by atoms with Crippen molar-refractivity contribution in [1.29, 1.82) is 0 Å². The van der Waals surface area contributed by atoms with Gasteiger partial charge >= 0.3 is 0 Å². The predicted molar refractivity (Wildman–Crippen MR) is 96.6 cm³/mol. The summed E-state index contributed by atoms with van der Waals surface area (Å²) in [5.41, 5.74) is 2.34. The highest BCUT2D eigenvalue weighted by molar-refractivity contribution is 6.29. The molecule has 0 bridgehead atoms. The number of nitrogens with zero attached hydrogens (tertiary/aromatic N) is 5. The first-order valence-corrected chi connectivity index (χ1v) is 8.82. The zero-order valence-electron chi connectivity index (χ0n) is 13.7. The van der Waals surface area contributed by atoms with E-state index >= 15 is 0 Å². The summed E-state index contributed by atoms with van der Waals surface area (Å²) in [5, 5.41) is 0.448. The van der Waals surface area contributed by atoms with E-state index < -0.39 is 0 Å². The van der Waals surface area contributed by atoms with Crippen LogP contribution in [0.5, 0.6) is 0 Å². The molecule has 0 aliphatic carbocycles. The number of para-hydroxylation sites is 2. The molecule has 24 heavy (non-hydrogen) atoms. The van der Waals surface area contributed by atoms with Crippen molar-refractivity contribution in [2.45, 2.75) is 32.2 Å². The van der Waals surface area contributed by atoms with Crippen molar-refractivity contribution in [2.24, 2.45) is 0 Å². The molecule has 1 fully saturated rings. The molecule has 0 unspecified atom stereocenters. The topological polar surface area (TPSA) is 46.8 Å². The molecule has 0 radical (unpaired) electrons. The summed E-state index contributed by atoms with van der Waals surface area (Å²) in [6.07, 6.45) is 6.46. The summed E-state index contributed by atoms with van der Waals surface area (Å²) < 4.78 is 2.44. The lowest BCUT2D eigenvalue weighted by Gasteiger charge is -2.34. The minimum atomic E-state index is 0.448. The number of aryl methyl sites for hydroxylation is 1. The van der Waals surface area contributed by atoms with Gasteiger partial charge in [0.25, 0.3) is 0 Å². The molecule has 1 aliphatic heterocycles. The molecule has 2 aromatic heterocycles. The molecular formula is C18H20ClN5. The van der Waals surface area contributed by atoms with Gasteiger partial charge < -0.3 is 9.47 Å². The molecule has 1 aliphatic rings. The number of rotatable bonds is 3. The molecular weight excluding hydrogens is 322 g/mol. The Balaban J connectivity index is 1.58. The first-order valence-electron chi connectivity index (χ1n) is 8.44. The number of anilines is 1. The van der Waals surface area contributed by atoms with Crippen LogP contribution in [-0.4, -0.2) is 32.6 Å². The van der Waals surface area contributed by atoms with Crippen molar-refractivity contribution in [3.8, 4) is 0 Å². The van der Waals surface area contributed by atoms with Crippen LogP contribution in [-0.2, 0) is 6.42 Å². The van der Waals surface area contributed by atoms with Gasteiger partial charge in [0.05, 0.1) is 23.4 Å². The summed E-state index contributed by atoms with van der Waals surface area (Å²) in [6.45, 7) is 4.08. The summed E-state index contributed by atoms with van der Waals surface area (Å²) in [7, 11) is 0. The predicted octanol–water partition coefficient (Wildman–Crippen LogP) is 3.88. The van der Waals surface area contributed by atoms with Crippen LogP contribution in [0, 0.1) is 0 Å². The van der Waals surface area contributed by atoms with Crippen molar-refractivity contribution < 1.29 is 0 Å². The molecule has 0 atom stereocenters. The van der Waals surface area contributed by atoms with Crippen LogP contribution in [0.4, 0.5) is 5.82 Å². The van der Waals surface area contributed by atoms with Gasteiger partial charge in [0.15, 0.2) is 0 Å². The third kappa shape index (κ3) is 2.73.